The van der Waals surface area contributed by atoms with Crippen LogP contribution in [-0.4, -0.2) is 11.8 Å². The molecule has 0 radical (unpaired) electrons. The van der Waals surface area contributed by atoms with E-state index in [1.807, 2.05) is 18.2 Å². The van der Waals surface area contributed by atoms with E-state index in [2.05, 4.69) is 10.6 Å². The predicted octanol–water partition coefficient (Wildman–Crippen LogP) is 4.68. The van der Waals surface area contributed by atoms with Crippen LogP contribution in [0.25, 0.3) is 11.0 Å². The lowest BCUT2D eigenvalue weighted by Gasteiger charge is -2.07. The van der Waals surface area contributed by atoms with E-state index in [0.29, 0.717) is 16.8 Å². The van der Waals surface area contributed by atoms with Crippen molar-refractivity contribution in [2.45, 2.75) is 13.0 Å². The summed E-state index contributed by atoms with van der Waals surface area (Å²) in [5.74, 6) is -0.672. The van der Waals surface area contributed by atoms with Crippen molar-refractivity contribution >= 4 is 28.5 Å². The monoisotopic (exact) mass is 402 g/mol. The summed E-state index contributed by atoms with van der Waals surface area (Å²) in [4.78, 5) is 24.5. The lowest BCUT2D eigenvalue weighted by Crippen LogP contribution is -2.25. The Bertz CT molecular complexity index is 1170. The third-order valence-corrected chi connectivity index (χ3v) is 4.66. The Morgan fingerprint density at radius 2 is 1.63 bits per heavy atom. The van der Waals surface area contributed by atoms with Gasteiger partial charge in [-0.15, -0.1) is 0 Å². The highest BCUT2D eigenvalue weighted by molar-refractivity contribution is 6.04. The minimum atomic E-state index is -0.346. The molecule has 6 heteroatoms. The van der Waals surface area contributed by atoms with Crippen molar-refractivity contribution in [2.24, 2.45) is 0 Å². The minimum Gasteiger partial charge on any atom is -0.451 e. The van der Waals surface area contributed by atoms with E-state index in [1.54, 1.807) is 54.6 Å². The maximum absolute atomic E-state index is 13.6. The summed E-state index contributed by atoms with van der Waals surface area (Å²) in [5.41, 5.74) is 2.47. The predicted molar refractivity (Wildman–Crippen MR) is 113 cm³/mol. The number of halogens is 1. The molecule has 0 unspecified atom stereocenters. The normalized spacial score (nSPS) is 10.7. The van der Waals surface area contributed by atoms with Gasteiger partial charge >= 0.3 is 0 Å². The van der Waals surface area contributed by atoms with Crippen LogP contribution in [0.5, 0.6) is 0 Å². The van der Waals surface area contributed by atoms with Crippen molar-refractivity contribution in [1.82, 2.24) is 5.32 Å². The topological polar surface area (TPSA) is 71.3 Å². The molecular weight excluding hydrogens is 383 g/mol. The first kappa shape index (κ1) is 19.4. The second-order valence-corrected chi connectivity index (χ2v) is 6.84. The molecule has 1 heterocycles. The van der Waals surface area contributed by atoms with Gasteiger partial charge in [-0.3, -0.25) is 9.59 Å². The zero-order valence-electron chi connectivity index (χ0n) is 16.0. The van der Waals surface area contributed by atoms with Crippen LogP contribution < -0.4 is 10.6 Å². The van der Waals surface area contributed by atoms with Crippen LogP contribution in [0.1, 0.15) is 21.7 Å². The van der Waals surface area contributed by atoms with Gasteiger partial charge in [0.1, 0.15) is 11.4 Å². The first-order valence-electron chi connectivity index (χ1n) is 9.47. The number of nitrogens with one attached hydrogen (secondary N) is 2. The van der Waals surface area contributed by atoms with E-state index in [9.17, 15) is 14.0 Å². The fraction of sp³-hybridized carbons (Fsp3) is 0.0833. The number of fused-ring (bicyclic) bond motifs is 1. The maximum atomic E-state index is 13.6. The average Bonchev–Trinajstić information content (AvgIpc) is 3.19. The molecule has 2 amide bonds. The van der Waals surface area contributed by atoms with Crippen molar-refractivity contribution in [3.63, 3.8) is 0 Å². The van der Waals surface area contributed by atoms with Crippen LogP contribution in [0.2, 0.25) is 0 Å². The van der Waals surface area contributed by atoms with Gasteiger partial charge in [-0.05, 0) is 35.9 Å². The fourth-order valence-electron chi connectivity index (χ4n) is 3.08. The molecule has 0 atom stereocenters. The van der Waals surface area contributed by atoms with Gasteiger partial charge < -0.3 is 15.1 Å². The number of anilines is 1. The molecule has 0 aliphatic heterocycles. The van der Waals surface area contributed by atoms with E-state index in [4.69, 9.17) is 4.42 Å². The van der Waals surface area contributed by atoms with Crippen LogP contribution in [0, 0.1) is 5.82 Å². The number of carbonyl (C=O) groups is 2. The Hall–Kier alpha value is -3.93. The standard InChI is InChI=1S/C24H19FN2O3/c25-20-7-3-1-6-18(20)15-26-23(28)13-16-9-11-19(12-10-16)27-24(29)22-14-17-5-2-4-8-21(17)30-22/h1-12,14H,13,15H2,(H,26,28)(H,27,29). The van der Waals surface area contributed by atoms with E-state index in [-0.39, 0.29) is 36.4 Å². The summed E-state index contributed by atoms with van der Waals surface area (Å²) in [7, 11) is 0. The molecule has 0 bridgehead atoms. The highest BCUT2D eigenvalue weighted by Gasteiger charge is 2.12. The summed E-state index contributed by atoms with van der Waals surface area (Å²) >= 11 is 0. The van der Waals surface area contributed by atoms with Crippen molar-refractivity contribution in [2.75, 3.05) is 5.32 Å². The molecule has 0 aliphatic rings. The molecule has 0 aliphatic carbocycles. The zero-order valence-corrected chi connectivity index (χ0v) is 16.0. The van der Waals surface area contributed by atoms with Gasteiger partial charge in [0.05, 0.1) is 6.42 Å². The molecule has 0 saturated heterocycles. The summed E-state index contributed by atoms with van der Waals surface area (Å²) in [6.07, 6.45) is 0.159. The molecule has 4 aromatic rings. The highest BCUT2D eigenvalue weighted by Crippen LogP contribution is 2.20. The number of furan rings is 1. The summed E-state index contributed by atoms with van der Waals surface area (Å²) in [5, 5.41) is 6.35. The zero-order chi connectivity index (χ0) is 20.9. The van der Waals surface area contributed by atoms with E-state index < -0.39 is 0 Å². The Labute approximate surface area is 172 Å². The smallest absolute Gasteiger partial charge is 0.291 e. The van der Waals surface area contributed by atoms with Crippen molar-refractivity contribution < 1.29 is 18.4 Å². The molecule has 2 N–H and O–H groups in total. The summed E-state index contributed by atoms with van der Waals surface area (Å²) < 4.78 is 19.2. The molecule has 5 nitrogen and oxygen atoms in total. The van der Waals surface area contributed by atoms with Crippen molar-refractivity contribution in [1.29, 1.82) is 0 Å². The Morgan fingerprint density at radius 3 is 2.40 bits per heavy atom. The first-order valence-corrected chi connectivity index (χ1v) is 9.47. The third kappa shape index (κ3) is 4.55. The number of carbonyl (C=O) groups excluding carboxylic acids is 2. The average molecular weight is 402 g/mol. The number of hydrogen-bond donors (Lipinski definition) is 2. The molecule has 0 spiro atoms. The lowest BCUT2D eigenvalue weighted by atomic mass is 10.1. The Kier molecular flexibility index (Phi) is 5.57. The molecule has 0 fully saturated rings. The second kappa shape index (κ2) is 8.61. The van der Waals surface area contributed by atoms with E-state index in [1.165, 1.54) is 6.07 Å². The quantitative estimate of drug-likeness (QED) is 0.492. The number of rotatable bonds is 6. The van der Waals surface area contributed by atoms with Gasteiger partial charge in [-0.2, -0.15) is 0 Å². The lowest BCUT2D eigenvalue weighted by molar-refractivity contribution is -0.120. The van der Waals surface area contributed by atoms with Gasteiger partial charge in [0.2, 0.25) is 5.91 Å². The van der Waals surface area contributed by atoms with Gasteiger partial charge in [0.25, 0.3) is 5.91 Å². The SMILES string of the molecule is O=C(Cc1ccc(NC(=O)c2cc3ccccc3o2)cc1)NCc1ccccc1F. The summed E-state index contributed by atoms with van der Waals surface area (Å²) in [6.45, 7) is 0.136. The highest BCUT2D eigenvalue weighted by atomic mass is 19.1. The molecule has 3 aromatic carbocycles. The van der Waals surface area contributed by atoms with Gasteiger partial charge in [0, 0.05) is 23.2 Å². The van der Waals surface area contributed by atoms with E-state index >= 15 is 0 Å². The second-order valence-electron chi connectivity index (χ2n) is 6.84. The van der Waals surface area contributed by atoms with Crippen LogP contribution in [-0.2, 0) is 17.8 Å². The molecule has 4 rings (SSSR count). The van der Waals surface area contributed by atoms with Crippen LogP contribution in [0.3, 0.4) is 0 Å². The summed E-state index contributed by atoms with van der Waals surface area (Å²) in [6, 6.07) is 22.4. The molecule has 30 heavy (non-hydrogen) atoms. The molecule has 1 aromatic heterocycles. The largest absolute Gasteiger partial charge is 0.451 e. The van der Waals surface area contributed by atoms with Gasteiger partial charge in [-0.1, -0.05) is 48.5 Å². The van der Waals surface area contributed by atoms with Crippen molar-refractivity contribution in [3.05, 3.63) is 102 Å². The number of benzene rings is 3. The first-order chi connectivity index (χ1) is 14.6. The van der Waals surface area contributed by atoms with Gasteiger partial charge in [0.15, 0.2) is 5.76 Å². The number of hydrogen-bond acceptors (Lipinski definition) is 3. The van der Waals surface area contributed by atoms with E-state index in [0.717, 1.165) is 10.9 Å². The van der Waals surface area contributed by atoms with Gasteiger partial charge in [-0.25, -0.2) is 4.39 Å². The number of para-hydroxylation sites is 1. The fourth-order valence-corrected chi connectivity index (χ4v) is 3.08. The van der Waals surface area contributed by atoms with Crippen LogP contribution in [0.15, 0.2) is 83.3 Å². The molecule has 0 saturated carbocycles. The minimum absolute atomic E-state index is 0.136. The van der Waals surface area contributed by atoms with Crippen molar-refractivity contribution in [3.8, 4) is 0 Å². The number of amides is 2. The van der Waals surface area contributed by atoms with Crippen LogP contribution >= 0.6 is 0 Å². The maximum Gasteiger partial charge on any atom is 0.291 e. The Balaban J connectivity index is 1.32. The molecular formula is C24H19FN2O3. The van der Waals surface area contributed by atoms with Crippen LogP contribution in [0.4, 0.5) is 10.1 Å². The Morgan fingerprint density at radius 1 is 0.900 bits per heavy atom. The molecule has 150 valence electrons. The third-order valence-electron chi connectivity index (χ3n) is 4.66.